The minimum atomic E-state index is -4.10. The number of piperazine rings is 1. The molecule has 1 saturated heterocycles. The molecule has 0 aromatic heterocycles. The van der Waals surface area contributed by atoms with Crippen molar-refractivity contribution in [1.82, 2.24) is 9.80 Å². The van der Waals surface area contributed by atoms with Gasteiger partial charge in [0.25, 0.3) is 0 Å². The molecule has 2 aliphatic rings. The van der Waals surface area contributed by atoms with Gasteiger partial charge in [0.05, 0.1) is 12.6 Å². The van der Waals surface area contributed by atoms with Crippen molar-refractivity contribution in [2.45, 2.75) is 39.0 Å². The van der Waals surface area contributed by atoms with Crippen molar-refractivity contribution in [2.75, 3.05) is 39.3 Å². The van der Waals surface area contributed by atoms with Crippen molar-refractivity contribution in [3.8, 4) is 0 Å². The summed E-state index contributed by atoms with van der Waals surface area (Å²) < 4.78 is 37.1. The molecule has 0 aromatic rings. The van der Waals surface area contributed by atoms with Crippen LogP contribution in [0.3, 0.4) is 0 Å². The van der Waals surface area contributed by atoms with Gasteiger partial charge in [-0.25, -0.2) is 0 Å². The zero-order valence-electron chi connectivity index (χ0n) is 12.9. The van der Waals surface area contributed by atoms with Crippen LogP contribution in [0.25, 0.3) is 0 Å². The van der Waals surface area contributed by atoms with Gasteiger partial charge in [0, 0.05) is 38.6 Å². The van der Waals surface area contributed by atoms with Crippen LogP contribution in [-0.2, 0) is 0 Å². The van der Waals surface area contributed by atoms with Crippen LogP contribution < -0.4 is 0 Å². The van der Waals surface area contributed by atoms with Gasteiger partial charge < -0.3 is 10.0 Å². The Hall–Kier alpha value is -0.330. The molecule has 21 heavy (non-hydrogen) atoms. The molecule has 3 nitrogen and oxygen atoms in total. The molecule has 0 aromatic carbocycles. The molecule has 4 unspecified atom stereocenters. The Morgan fingerprint density at radius 1 is 1.00 bits per heavy atom. The minimum absolute atomic E-state index is 0.260. The van der Waals surface area contributed by atoms with Gasteiger partial charge in [0.15, 0.2) is 0 Å². The number of rotatable bonds is 3. The third-order valence-electron chi connectivity index (χ3n) is 4.98. The Balaban J connectivity index is 1.78. The molecular formula is C15H27F3N2O. The quantitative estimate of drug-likeness (QED) is 0.866. The van der Waals surface area contributed by atoms with Crippen LogP contribution in [0, 0.1) is 17.8 Å². The molecule has 1 heterocycles. The highest BCUT2D eigenvalue weighted by Gasteiger charge is 2.36. The Labute approximate surface area is 125 Å². The van der Waals surface area contributed by atoms with Gasteiger partial charge >= 0.3 is 6.18 Å². The zero-order chi connectivity index (χ0) is 15.6. The highest BCUT2D eigenvalue weighted by atomic mass is 19.4. The van der Waals surface area contributed by atoms with E-state index >= 15 is 0 Å². The van der Waals surface area contributed by atoms with Crippen LogP contribution >= 0.6 is 0 Å². The van der Waals surface area contributed by atoms with E-state index in [-0.39, 0.29) is 12.0 Å². The Morgan fingerprint density at radius 2 is 1.57 bits per heavy atom. The maximum Gasteiger partial charge on any atom is 0.401 e. The van der Waals surface area contributed by atoms with Crippen LogP contribution in [0.1, 0.15) is 26.7 Å². The Morgan fingerprint density at radius 3 is 2.10 bits per heavy atom. The topological polar surface area (TPSA) is 26.7 Å². The molecule has 0 spiro atoms. The fourth-order valence-electron chi connectivity index (χ4n) is 3.86. The molecule has 1 aliphatic carbocycles. The van der Waals surface area contributed by atoms with E-state index in [1.807, 2.05) is 0 Å². The lowest BCUT2D eigenvalue weighted by Crippen LogP contribution is -2.52. The van der Waals surface area contributed by atoms with Crippen molar-refractivity contribution in [2.24, 2.45) is 17.8 Å². The number of aliphatic hydroxyl groups excluding tert-OH is 1. The second-order valence-corrected chi connectivity index (χ2v) is 6.98. The van der Waals surface area contributed by atoms with Gasteiger partial charge in [-0.15, -0.1) is 0 Å². The van der Waals surface area contributed by atoms with Gasteiger partial charge in [0.2, 0.25) is 0 Å². The number of nitrogens with zero attached hydrogens (tertiary/aromatic N) is 2. The van der Waals surface area contributed by atoms with Crippen LogP contribution in [0.2, 0.25) is 0 Å². The maximum atomic E-state index is 12.4. The highest BCUT2D eigenvalue weighted by molar-refractivity contribution is 4.86. The molecule has 2 fully saturated rings. The molecule has 0 bridgehead atoms. The average Bonchev–Trinajstić information content (AvgIpc) is 2.34. The number of hydrogen-bond acceptors (Lipinski definition) is 3. The second kappa shape index (κ2) is 6.84. The highest BCUT2D eigenvalue weighted by Crippen LogP contribution is 2.34. The molecule has 124 valence electrons. The summed E-state index contributed by atoms with van der Waals surface area (Å²) in [5.74, 6) is 1.31. The molecule has 0 radical (unpaired) electrons. The van der Waals surface area contributed by atoms with E-state index in [1.54, 1.807) is 0 Å². The predicted molar refractivity (Wildman–Crippen MR) is 76.0 cm³/mol. The molecule has 1 aliphatic heterocycles. The van der Waals surface area contributed by atoms with E-state index < -0.39 is 12.7 Å². The summed E-state index contributed by atoms with van der Waals surface area (Å²) in [6.07, 6.45) is -2.39. The summed E-state index contributed by atoms with van der Waals surface area (Å²) in [4.78, 5) is 3.69. The molecule has 2 rings (SSSR count). The minimum Gasteiger partial charge on any atom is -0.393 e. The Bertz CT molecular complexity index is 317. The van der Waals surface area contributed by atoms with Gasteiger partial charge in [-0.2, -0.15) is 13.2 Å². The van der Waals surface area contributed by atoms with E-state index in [0.29, 0.717) is 38.0 Å². The average molecular weight is 308 g/mol. The van der Waals surface area contributed by atoms with E-state index in [4.69, 9.17) is 0 Å². The van der Waals surface area contributed by atoms with Crippen molar-refractivity contribution < 1.29 is 18.3 Å². The van der Waals surface area contributed by atoms with Crippen molar-refractivity contribution in [3.05, 3.63) is 0 Å². The first kappa shape index (κ1) is 17.0. The first-order chi connectivity index (χ1) is 9.74. The lowest BCUT2D eigenvalue weighted by Gasteiger charge is -2.42. The fraction of sp³-hybridized carbons (Fsp3) is 1.00. The summed E-state index contributed by atoms with van der Waals surface area (Å²) in [6.45, 7) is 6.63. The molecule has 1 saturated carbocycles. The standard InChI is InChI=1S/C15H27F3N2O/c1-11-7-12(2)13(14(21)8-11)9-19-3-5-20(6-4-19)10-15(16,17)18/h11-14,21H,3-10H2,1-2H3. The summed E-state index contributed by atoms with van der Waals surface area (Å²) in [7, 11) is 0. The third kappa shape index (κ3) is 5.11. The van der Waals surface area contributed by atoms with Gasteiger partial charge in [0.1, 0.15) is 0 Å². The number of aliphatic hydroxyl groups is 1. The summed E-state index contributed by atoms with van der Waals surface area (Å²) in [6, 6.07) is 0. The van der Waals surface area contributed by atoms with E-state index in [1.165, 1.54) is 4.90 Å². The molecule has 1 N–H and O–H groups in total. The van der Waals surface area contributed by atoms with Crippen LogP contribution in [0.15, 0.2) is 0 Å². The first-order valence-corrected chi connectivity index (χ1v) is 7.94. The van der Waals surface area contributed by atoms with Crippen molar-refractivity contribution in [3.63, 3.8) is 0 Å². The molecule has 6 heteroatoms. The molecule has 4 atom stereocenters. The van der Waals surface area contributed by atoms with Crippen molar-refractivity contribution in [1.29, 1.82) is 0 Å². The van der Waals surface area contributed by atoms with Gasteiger partial charge in [-0.05, 0) is 24.7 Å². The zero-order valence-corrected chi connectivity index (χ0v) is 12.9. The van der Waals surface area contributed by atoms with Crippen LogP contribution in [-0.4, -0.2) is 66.5 Å². The number of alkyl halides is 3. The normalized spacial score (nSPS) is 36.9. The fourth-order valence-corrected chi connectivity index (χ4v) is 3.86. The summed E-state index contributed by atoms with van der Waals surface area (Å²) in [5.41, 5.74) is 0. The SMILES string of the molecule is CC1CC(C)C(CN2CCN(CC(F)(F)F)CC2)C(O)C1. The maximum absolute atomic E-state index is 12.4. The number of halogens is 3. The summed E-state index contributed by atoms with van der Waals surface area (Å²) >= 11 is 0. The largest absolute Gasteiger partial charge is 0.401 e. The third-order valence-corrected chi connectivity index (χ3v) is 4.98. The number of hydrogen-bond donors (Lipinski definition) is 1. The Kier molecular flexibility index (Phi) is 5.54. The smallest absolute Gasteiger partial charge is 0.393 e. The lowest BCUT2D eigenvalue weighted by atomic mass is 9.73. The van der Waals surface area contributed by atoms with Crippen LogP contribution in [0.4, 0.5) is 13.2 Å². The molecular weight excluding hydrogens is 281 g/mol. The second-order valence-electron chi connectivity index (χ2n) is 6.98. The molecule has 0 amide bonds. The first-order valence-electron chi connectivity index (χ1n) is 7.94. The van der Waals surface area contributed by atoms with Crippen molar-refractivity contribution >= 4 is 0 Å². The van der Waals surface area contributed by atoms with E-state index in [0.717, 1.165) is 19.4 Å². The van der Waals surface area contributed by atoms with E-state index in [2.05, 4.69) is 18.7 Å². The van der Waals surface area contributed by atoms with Gasteiger partial charge in [-0.3, -0.25) is 4.90 Å². The lowest BCUT2D eigenvalue weighted by molar-refractivity contribution is -0.149. The van der Waals surface area contributed by atoms with Gasteiger partial charge in [-0.1, -0.05) is 13.8 Å². The predicted octanol–water partition coefficient (Wildman–Crippen LogP) is 2.21. The summed E-state index contributed by atoms with van der Waals surface area (Å²) in [5, 5.41) is 10.3. The van der Waals surface area contributed by atoms with E-state index in [9.17, 15) is 18.3 Å². The monoisotopic (exact) mass is 308 g/mol. The van der Waals surface area contributed by atoms with Crippen LogP contribution in [0.5, 0.6) is 0 Å².